The van der Waals surface area contributed by atoms with Gasteiger partial charge in [0, 0.05) is 18.7 Å². The lowest BCUT2D eigenvalue weighted by molar-refractivity contribution is -0.290. The maximum absolute atomic E-state index is 12.6. The number of carboxylic acids is 1. The van der Waals surface area contributed by atoms with Gasteiger partial charge in [0.1, 0.15) is 24.4 Å². The molecule has 1 saturated heterocycles. The van der Waals surface area contributed by atoms with Crippen LogP contribution in [0.15, 0.2) is 0 Å². The molecule has 10 nitrogen and oxygen atoms in total. The fraction of sp³-hybridized carbons (Fsp3) is 0.929. The Morgan fingerprint density at radius 2 is 1.42 bits per heavy atom. The predicted octanol–water partition coefficient (Wildman–Crippen LogP) is 2.86. The number of aliphatic carboxylic acids is 1. The van der Waals surface area contributed by atoms with Gasteiger partial charge in [-0.2, -0.15) is 0 Å². The number of amides is 1. The quantitative estimate of drug-likeness (QED) is 0.126. The van der Waals surface area contributed by atoms with Gasteiger partial charge in [-0.3, -0.25) is 14.9 Å². The molecule has 1 heterocycles. The van der Waals surface area contributed by atoms with Crippen molar-refractivity contribution in [3.63, 3.8) is 0 Å². The first-order chi connectivity index (χ1) is 18.0. The first-order valence-corrected chi connectivity index (χ1v) is 14.6. The van der Waals surface area contributed by atoms with Crippen LogP contribution in [0.1, 0.15) is 111 Å². The molecular weight excluding hydrogens is 492 g/mol. The van der Waals surface area contributed by atoms with Gasteiger partial charge in [0.25, 0.3) is 5.91 Å². The van der Waals surface area contributed by atoms with Gasteiger partial charge in [-0.25, -0.2) is 0 Å². The molecular formula is C28H54N2O8. The lowest BCUT2D eigenvalue weighted by Gasteiger charge is -2.39. The molecule has 1 aliphatic heterocycles. The Morgan fingerprint density at radius 3 is 1.97 bits per heavy atom. The van der Waals surface area contributed by atoms with E-state index in [9.17, 15) is 30.0 Å². The van der Waals surface area contributed by atoms with Crippen LogP contribution in [0.25, 0.3) is 0 Å². The van der Waals surface area contributed by atoms with E-state index in [1.807, 2.05) is 20.8 Å². The molecule has 224 valence electrons. The van der Waals surface area contributed by atoms with Crippen molar-refractivity contribution >= 4 is 11.9 Å². The number of carbonyl (C=O) groups excluding carboxylic acids is 1. The average molecular weight is 547 g/mol. The lowest BCUT2D eigenvalue weighted by Crippen LogP contribution is -2.62. The predicted molar refractivity (Wildman–Crippen MR) is 146 cm³/mol. The Balaban J connectivity index is 2.32. The molecule has 1 unspecified atom stereocenters. The molecule has 1 rings (SSSR count). The summed E-state index contributed by atoms with van der Waals surface area (Å²) in [5.41, 5.74) is -0.330. The Labute approximate surface area is 228 Å². The standard InChI is InChI=1S/C28H54N2O8/c1-5-6-7-8-9-10-11-12-13-16-19-37-27-23(33)21(31)22(32)24(38-27)25(34)29-18-15-14-17-20(26(35)36)30-28(2,3)4/h20-24,27,30-33H,5-19H2,1-4H3,(H,29,34)(H,35,36)/t20?,21-,22-,23+,24-,27+/m0/s1. The third-order valence-corrected chi connectivity index (χ3v) is 6.73. The number of carboxylic acid groups (broad SMARTS) is 1. The second-order valence-corrected chi connectivity index (χ2v) is 11.5. The van der Waals surface area contributed by atoms with Gasteiger partial charge < -0.3 is 35.2 Å². The summed E-state index contributed by atoms with van der Waals surface area (Å²) in [6.45, 7) is 8.50. The van der Waals surface area contributed by atoms with Gasteiger partial charge in [-0.1, -0.05) is 64.7 Å². The number of aliphatic hydroxyl groups is 3. The summed E-state index contributed by atoms with van der Waals surface area (Å²) in [6, 6.07) is -0.681. The molecule has 6 atom stereocenters. The van der Waals surface area contributed by atoms with Crippen molar-refractivity contribution in [2.24, 2.45) is 0 Å². The number of unbranched alkanes of at least 4 members (excludes halogenated alkanes) is 10. The minimum atomic E-state index is -1.59. The molecule has 10 heteroatoms. The topological polar surface area (TPSA) is 158 Å². The molecule has 0 aromatic heterocycles. The zero-order valence-corrected chi connectivity index (χ0v) is 24.0. The van der Waals surface area contributed by atoms with E-state index in [2.05, 4.69) is 17.6 Å². The van der Waals surface area contributed by atoms with Gasteiger partial charge in [0.15, 0.2) is 12.4 Å². The average Bonchev–Trinajstić information content (AvgIpc) is 2.85. The second-order valence-electron chi connectivity index (χ2n) is 11.5. The maximum Gasteiger partial charge on any atom is 0.320 e. The summed E-state index contributed by atoms with van der Waals surface area (Å²) in [4.78, 5) is 24.0. The van der Waals surface area contributed by atoms with Gasteiger partial charge in [0.05, 0.1) is 0 Å². The van der Waals surface area contributed by atoms with Crippen molar-refractivity contribution in [3.8, 4) is 0 Å². The lowest BCUT2D eigenvalue weighted by atomic mass is 9.98. The molecule has 1 fully saturated rings. The summed E-state index contributed by atoms with van der Waals surface area (Å²) >= 11 is 0. The van der Waals surface area contributed by atoms with Crippen LogP contribution in [-0.2, 0) is 19.1 Å². The number of nitrogens with one attached hydrogen (secondary N) is 2. The van der Waals surface area contributed by atoms with Crippen LogP contribution >= 0.6 is 0 Å². The van der Waals surface area contributed by atoms with E-state index < -0.39 is 48.6 Å². The molecule has 0 radical (unpaired) electrons. The van der Waals surface area contributed by atoms with Gasteiger partial charge in [0.2, 0.25) is 0 Å². The van der Waals surface area contributed by atoms with Crippen LogP contribution in [0.2, 0.25) is 0 Å². The third kappa shape index (κ3) is 14.2. The number of carbonyl (C=O) groups is 2. The molecule has 0 aromatic carbocycles. The van der Waals surface area contributed by atoms with Crippen molar-refractivity contribution < 1.29 is 39.5 Å². The highest BCUT2D eigenvalue weighted by Crippen LogP contribution is 2.23. The van der Waals surface area contributed by atoms with Crippen LogP contribution < -0.4 is 10.6 Å². The fourth-order valence-corrected chi connectivity index (χ4v) is 4.56. The minimum Gasteiger partial charge on any atom is -0.480 e. The van der Waals surface area contributed by atoms with Crippen molar-refractivity contribution in [3.05, 3.63) is 0 Å². The number of rotatable bonds is 20. The Morgan fingerprint density at radius 1 is 0.842 bits per heavy atom. The molecule has 1 amide bonds. The van der Waals surface area contributed by atoms with Crippen LogP contribution in [0.3, 0.4) is 0 Å². The number of hydrogen-bond acceptors (Lipinski definition) is 8. The van der Waals surface area contributed by atoms with Crippen LogP contribution in [0, 0.1) is 0 Å². The summed E-state index contributed by atoms with van der Waals surface area (Å²) < 4.78 is 11.1. The largest absolute Gasteiger partial charge is 0.480 e. The Kier molecular flexibility index (Phi) is 17.3. The smallest absolute Gasteiger partial charge is 0.320 e. The summed E-state index contributed by atoms with van der Waals surface area (Å²) in [5, 5.41) is 45.9. The second kappa shape index (κ2) is 18.9. The van der Waals surface area contributed by atoms with E-state index in [4.69, 9.17) is 9.47 Å². The van der Waals surface area contributed by atoms with E-state index >= 15 is 0 Å². The monoisotopic (exact) mass is 546 g/mol. The molecule has 0 spiro atoms. The first kappa shape index (κ1) is 34.7. The Bertz CT molecular complexity index is 657. The van der Waals surface area contributed by atoms with Gasteiger partial charge >= 0.3 is 5.97 Å². The van der Waals surface area contributed by atoms with Crippen molar-refractivity contribution in [2.45, 2.75) is 153 Å². The fourth-order valence-electron chi connectivity index (χ4n) is 4.56. The molecule has 6 N–H and O–H groups in total. The van der Waals surface area contributed by atoms with Crippen LogP contribution in [-0.4, -0.2) is 87.7 Å². The van der Waals surface area contributed by atoms with Gasteiger partial charge in [-0.15, -0.1) is 0 Å². The SMILES string of the molecule is CCCCCCCCCCCCO[C@@H]1O[C@H](C(=O)NCCCCC(NC(C)(C)C)C(=O)O)[C@@H](O)[C@H](O)[C@H]1O. The normalized spacial score (nSPS) is 24.8. The van der Waals surface area contributed by atoms with Crippen molar-refractivity contribution in [2.75, 3.05) is 13.2 Å². The molecule has 0 saturated carbocycles. The Hall–Kier alpha value is -1.30. The summed E-state index contributed by atoms with van der Waals surface area (Å²) in [6.07, 6.45) is 6.08. The zero-order chi connectivity index (χ0) is 28.6. The highest BCUT2D eigenvalue weighted by Gasteiger charge is 2.47. The molecule has 0 bridgehead atoms. The number of ether oxygens (including phenoxy) is 2. The molecule has 0 aromatic rings. The van der Waals surface area contributed by atoms with Crippen LogP contribution in [0.5, 0.6) is 0 Å². The summed E-state index contributed by atoms with van der Waals surface area (Å²) in [5.74, 6) is -1.53. The zero-order valence-electron chi connectivity index (χ0n) is 24.0. The molecule has 38 heavy (non-hydrogen) atoms. The van der Waals surface area contributed by atoms with Crippen molar-refractivity contribution in [1.82, 2.24) is 10.6 Å². The van der Waals surface area contributed by atoms with Crippen molar-refractivity contribution in [1.29, 1.82) is 0 Å². The highest BCUT2D eigenvalue weighted by atomic mass is 16.7. The van der Waals surface area contributed by atoms with Gasteiger partial charge in [-0.05, 0) is 46.5 Å². The van der Waals surface area contributed by atoms with E-state index in [-0.39, 0.29) is 12.1 Å². The summed E-state index contributed by atoms with van der Waals surface area (Å²) in [7, 11) is 0. The number of aliphatic hydroxyl groups excluding tert-OH is 3. The van der Waals surface area contributed by atoms with E-state index in [0.29, 0.717) is 25.9 Å². The molecule has 0 aliphatic carbocycles. The maximum atomic E-state index is 12.6. The van der Waals surface area contributed by atoms with E-state index in [1.54, 1.807) is 0 Å². The minimum absolute atomic E-state index is 0.260. The van der Waals surface area contributed by atoms with E-state index in [1.165, 1.54) is 44.9 Å². The molecule has 1 aliphatic rings. The highest BCUT2D eigenvalue weighted by molar-refractivity contribution is 5.81. The van der Waals surface area contributed by atoms with Crippen LogP contribution in [0.4, 0.5) is 0 Å². The van der Waals surface area contributed by atoms with E-state index in [0.717, 1.165) is 19.3 Å². The third-order valence-electron chi connectivity index (χ3n) is 6.73. The first-order valence-electron chi connectivity index (χ1n) is 14.6. The number of hydrogen-bond donors (Lipinski definition) is 6.